The van der Waals surface area contributed by atoms with E-state index in [0.29, 0.717) is 25.0 Å². The Bertz CT molecular complexity index is 967. The van der Waals surface area contributed by atoms with E-state index in [4.69, 9.17) is 4.74 Å². The fourth-order valence-electron chi connectivity index (χ4n) is 4.25. The Balaban J connectivity index is 1.49. The van der Waals surface area contributed by atoms with Gasteiger partial charge in [-0.05, 0) is 53.5 Å². The number of rotatable bonds is 12. The van der Waals surface area contributed by atoms with Gasteiger partial charge in [0.2, 0.25) is 5.91 Å². The number of benzene rings is 2. The molecule has 2 atom stereocenters. The summed E-state index contributed by atoms with van der Waals surface area (Å²) >= 11 is 1.53. The summed E-state index contributed by atoms with van der Waals surface area (Å²) < 4.78 is 5.59. The normalized spacial score (nSPS) is 13.9. The number of carboxylic acid groups (broad SMARTS) is 1. The Kier molecular flexibility index (Phi) is 9.39. The van der Waals surface area contributed by atoms with Gasteiger partial charge in [0.1, 0.15) is 12.6 Å². The molecule has 3 rings (SSSR count). The van der Waals surface area contributed by atoms with Crippen LogP contribution in [0.3, 0.4) is 0 Å². The smallest absolute Gasteiger partial charge is 0.407 e. The first-order valence-corrected chi connectivity index (χ1v) is 13.0. The molecule has 0 radical (unpaired) electrons. The zero-order valence-corrected chi connectivity index (χ0v) is 20.4. The zero-order valence-electron chi connectivity index (χ0n) is 19.6. The molecular formula is C26H32N2O5S. The van der Waals surface area contributed by atoms with E-state index in [-0.39, 0.29) is 30.9 Å². The number of fused-ring (bicyclic) bond motifs is 3. The van der Waals surface area contributed by atoms with Crippen LogP contribution < -0.4 is 10.6 Å². The van der Waals surface area contributed by atoms with E-state index in [9.17, 15) is 19.5 Å². The first-order chi connectivity index (χ1) is 16.4. The van der Waals surface area contributed by atoms with Gasteiger partial charge in [0.25, 0.3) is 0 Å². The number of carbonyl (C=O) groups is 3. The Morgan fingerprint density at radius 3 is 2.18 bits per heavy atom. The quantitative estimate of drug-likeness (QED) is 0.412. The van der Waals surface area contributed by atoms with Crippen molar-refractivity contribution in [2.45, 2.75) is 50.6 Å². The molecule has 3 N–H and O–H groups in total. The second-order valence-electron chi connectivity index (χ2n) is 8.35. The van der Waals surface area contributed by atoms with Gasteiger partial charge in [-0.3, -0.25) is 4.79 Å². The molecule has 0 aromatic heterocycles. The van der Waals surface area contributed by atoms with Crippen molar-refractivity contribution in [2.75, 3.05) is 18.6 Å². The summed E-state index contributed by atoms with van der Waals surface area (Å²) in [6.07, 6.45) is 2.91. The molecule has 7 nitrogen and oxygen atoms in total. The monoisotopic (exact) mass is 484 g/mol. The Hall–Kier alpha value is -3.00. The maximum atomic E-state index is 12.5. The van der Waals surface area contributed by atoms with Crippen molar-refractivity contribution >= 4 is 29.7 Å². The van der Waals surface area contributed by atoms with Crippen LogP contribution in [0.2, 0.25) is 0 Å². The van der Waals surface area contributed by atoms with Gasteiger partial charge < -0.3 is 20.5 Å². The lowest BCUT2D eigenvalue weighted by molar-refractivity contribution is -0.141. The maximum Gasteiger partial charge on any atom is 0.407 e. The minimum Gasteiger partial charge on any atom is -0.480 e. The molecule has 0 spiro atoms. The molecule has 0 fully saturated rings. The number of hydrogen-bond acceptors (Lipinski definition) is 5. The van der Waals surface area contributed by atoms with E-state index in [1.54, 1.807) is 0 Å². The summed E-state index contributed by atoms with van der Waals surface area (Å²) in [5, 5.41) is 14.7. The molecule has 0 saturated heterocycles. The zero-order chi connectivity index (χ0) is 24.5. The van der Waals surface area contributed by atoms with Gasteiger partial charge in [0.05, 0.1) is 0 Å². The highest BCUT2D eigenvalue weighted by molar-refractivity contribution is 7.98. The summed E-state index contributed by atoms with van der Waals surface area (Å²) in [6.45, 7) is 2.15. The van der Waals surface area contributed by atoms with Crippen LogP contribution in [0.25, 0.3) is 11.1 Å². The Morgan fingerprint density at radius 2 is 1.62 bits per heavy atom. The van der Waals surface area contributed by atoms with Crippen molar-refractivity contribution in [3.8, 4) is 11.1 Å². The first-order valence-electron chi connectivity index (χ1n) is 11.6. The van der Waals surface area contributed by atoms with Crippen LogP contribution in [0.15, 0.2) is 48.5 Å². The minimum atomic E-state index is -1.04. The summed E-state index contributed by atoms with van der Waals surface area (Å²) in [5.74, 6) is -0.733. The lowest BCUT2D eigenvalue weighted by atomic mass is 9.98. The van der Waals surface area contributed by atoms with Crippen molar-refractivity contribution in [3.05, 3.63) is 59.7 Å². The average molecular weight is 485 g/mol. The lowest BCUT2D eigenvalue weighted by Crippen LogP contribution is -2.42. The molecule has 1 unspecified atom stereocenters. The highest BCUT2D eigenvalue weighted by Gasteiger charge is 2.29. The van der Waals surface area contributed by atoms with E-state index in [2.05, 4.69) is 34.9 Å². The molecule has 0 saturated carbocycles. The van der Waals surface area contributed by atoms with Crippen molar-refractivity contribution in [3.63, 3.8) is 0 Å². The van der Waals surface area contributed by atoms with Gasteiger partial charge in [-0.1, -0.05) is 55.5 Å². The first kappa shape index (κ1) is 25.6. The SMILES string of the molecule is CCC(CCC(=O)N[C@H](CCSC)C(=O)O)NC(=O)OCC1c2ccccc2-c2ccccc21. The molecule has 1 aliphatic carbocycles. The predicted octanol–water partition coefficient (Wildman–Crippen LogP) is 4.41. The highest BCUT2D eigenvalue weighted by Crippen LogP contribution is 2.44. The number of thioether (sulfide) groups is 1. The van der Waals surface area contributed by atoms with E-state index in [1.807, 2.05) is 37.4 Å². The van der Waals surface area contributed by atoms with Crippen LogP contribution in [0.4, 0.5) is 4.79 Å². The third kappa shape index (κ3) is 6.53. The molecule has 0 bridgehead atoms. The number of carbonyl (C=O) groups excluding carboxylic acids is 2. The van der Waals surface area contributed by atoms with Crippen molar-refractivity contribution in [1.82, 2.24) is 10.6 Å². The summed E-state index contributed by atoms with van der Waals surface area (Å²) in [5.41, 5.74) is 4.63. The highest BCUT2D eigenvalue weighted by atomic mass is 32.2. The largest absolute Gasteiger partial charge is 0.480 e. The van der Waals surface area contributed by atoms with E-state index >= 15 is 0 Å². The van der Waals surface area contributed by atoms with Gasteiger partial charge in [0.15, 0.2) is 0 Å². The number of amides is 2. The summed E-state index contributed by atoms with van der Waals surface area (Å²) in [7, 11) is 0. The van der Waals surface area contributed by atoms with Crippen LogP contribution in [0.5, 0.6) is 0 Å². The van der Waals surface area contributed by atoms with Gasteiger partial charge in [-0.15, -0.1) is 0 Å². The number of hydrogen-bond donors (Lipinski definition) is 3. The Labute approximate surface area is 204 Å². The third-order valence-electron chi connectivity index (χ3n) is 6.12. The maximum absolute atomic E-state index is 12.5. The van der Waals surface area contributed by atoms with E-state index < -0.39 is 18.1 Å². The summed E-state index contributed by atoms with van der Waals surface area (Å²) in [6, 6.07) is 15.2. The standard InChI is InChI=1S/C26H32N2O5S/c1-3-17(12-13-24(29)28-23(25(30)31)14-15-34-2)27-26(32)33-16-22-20-10-6-4-8-18(20)19-9-5-7-11-21(19)22/h4-11,17,22-23H,3,12-16H2,1-2H3,(H,27,32)(H,28,29)(H,30,31)/t17?,23-/m1/s1. The second-order valence-corrected chi connectivity index (χ2v) is 9.34. The fraction of sp³-hybridized carbons (Fsp3) is 0.423. The van der Waals surface area contributed by atoms with Crippen LogP contribution in [-0.4, -0.2) is 53.8 Å². The molecule has 182 valence electrons. The number of ether oxygens (including phenoxy) is 1. The summed E-state index contributed by atoms with van der Waals surface area (Å²) in [4.78, 5) is 36.1. The van der Waals surface area contributed by atoms with Crippen molar-refractivity contribution in [1.29, 1.82) is 0 Å². The van der Waals surface area contributed by atoms with Crippen LogP contribution in [0.1, 0.15) is 49.7 Å². The molecular weight excluding hydrogens is 452 g/mol. The van der Waals surface area contributed by atoms with Gasteiger partial charge in [-0.2, -0.15) is 11.8 Å². The molecule has 1 aliphatic rings. The topological polar surface area (TPSA) is 105 Å². The van der Waals surface area contributed by atoms with Gasteiger partial charge >= 0.3 is 12.1 Å². The van der Waals surface area contributed by atoms with Crippen molar-refractivity contribution in [2.24, 2.45) is 0 Å². The van der Waals surface area contributed by atoms with Crippen LogP contribution in [0, 0.1) is 0 Å². The minimum absolute atomic E-state index is 0.0155. The van der Waals surface area contributed by atoms with Gasteiger partial charge in [0, 0.05) is 18.4 Å². The van der Waals surface area contributed by atoms with Crippen LogP contribution in [-0.2, 0) is 14.3 Å². The van der Waals surface area contributed by atoms with E-state index in [0.717, 1.165) is 11.1 Å². The molecule has 2 amide bonds. The van der Waals surface area contributed by atoms with Crippen LogP contribution >= 0.6 is 11.8 Å². The second kappa shape index (κ2) is 12.5. The number of aliphatic carboxylic acids is 1. The average Bonchev–Trinajstić information content (AvgIpc) is 3.16. The third-order valence-corrected chi connectivity index (χ3v) is 6.77. The fourth-order valence-corrected chi connectivity index (χ4v) is 4.72. The van der Waals surface area contributed by atoms with Crippen molar-refractivity contribution < 1.29 is 24.2 Å². The molecule has 2 aromatic rings. The van der Waals surface area contributed by atoms with Gasteiger partial charge in [-0.25, -0.2) is 9.59 Å². The number of carboxylic acids is 1. The number of alkyl carbamates (subject to hydrolysis) is 1. The molecule has 34 heavy (non-hydrogen) atoms. The predicted molar refractivity (Wildman–Crippen MR) is 134 cm³/mol. The molecule has 0 heterocycles. The van der Waals surface area contributed by atoms with E-state index in [1.165, 1.54) is 22.9 Å². The molecule has 0 aliphatic heterocycles. The Morgan fingerprint density at radius 1 is 1.00 bits per heavy atom. The molecule has 2 aromatic carbocycles. The molecule has 8 heteroatoms. The number of nitrogens with one attached hydrogen (secondary N) is 2. The lowest BCUT2D eigenvalue weighted by Gasteiger charge is -2.19.